The Labute approximate surface area is 84.2 Å². The van der Waals surface area contributed by atoms with Crippen LogP contribution in [0.15, 0.2) is 11.6 Å². The minimum absolute atomic E-state index is 0.0574. The Balaban J connectivity index is 2.70. The van der Waals surface area contributed by atoms with Gasteiger partial charge in [-0.3, -0.25) is 4.79 Å². The lowest BCUT2D eigenvalue weighted by molar-refractivity contribution is -0.127. The molecule has 1 N–H and O–H groups in total. The number of rotatable bonds is 1. The number of carbonyl (C=O) groups excluding carboxylic acids is 1. The standard InChI is InChI=1S/C10H15N3O/c1-8(2)5-10(14)13-4-3-12-7-9(13)6-11/h5,9,12H,3-4,7H2,1-2H3. The zero-order valence-electron chi connectivity index (χ0n) is 8.58. The molecule has 1 aliphatic heterocycles. The summed E-state index contributed by atoms with van der Waals surface area (Å²) in [7, 11) is 0. The Bertz CT molecular complexity index is 286. The Morgan fingerprint density at radius 3 is 2.93 bits per heavy atom. The minimum Gasteiger partial charge on any atom is -0.321 e. The lowest BCUT2D eigenvalue weighted by Gasteiger charge is -2.31. The van der Waals surface area contributed by atoms with Gasteiger partial charge >= 0.3 is 0 Å². The van der Waals surface area contributed by atoms with Crippen molar-refractivity contribution in [1.82, 2.24) is 10.2 Å². The number of carbonyl (C=O) groups is 1. The number of nitrogens with one attached hydrogen (secondary N) is 1. The van der Waals surface area contributed by atoms with Crippen molar-refractivity contribution in [2.24, 2.45) is 0 Å². The van der Waals surface area contributed by atoms with Gasteiger partial charge in [-0.1, -0.05) is 5.57 Å². The van der Waals surface area contributed by atoms with Crippen LogP contribution in [0.2, 0.25) is 0 Å². The van der Waals surface area contributed by atoms with E-state index >= 15 is 0 Å². The molecule has 4 nitrogen and oxygen atoms in total. The van der Waals surface area contributed by atoms with Gasteiger partial charge in [-0.15, -0.1) is 0 Å². The molecular weight excluding hydrogens is 178 g/mol. The monoisotopic (exact) mass is 193 g/mol. The van der Waals surface area contributed by atoms with Gasteiger partial charge in [0.25, 0.3) is 0 Å². The lowest BCUT2D eigenvalue weighted by Crippen LogP contribution is -2.52. The molecule has 1 fully saturated rings. The summed E-state index contributed by atoms with van der Waals surface area (Å²) in [5.74, 6) is -0.0574. The Hall–Kier alpha value is -1.34. The Morgan fingerprint density at radius 2 is 2.36 bits per heavy atom. The van der Waals surface area contributed by atoms with E-state index in [-0.39, 0.29) is 11.9 Å². The van der Waals surface area contributed by atoms with Crippen molar-refractivity contribution in [2.75, 3.05) is 19.6 Å². The summed E-state index contributed by atoms with van der Waals surface area (Å²) in [5.41, 5.74) is 0.963. The van der Waals surface area contributed by atoms with Crippen molar-refractivity contribution in [2.45, 2.75) is 19.9 Å². The summed E-state index contributed by atoms with van der Waals surface area (Å²) in [6, 6.07) is 1.79. The zero-order chi connectivity index (χ0) is 10.6. The molecule has 0 aromatic heterocycles. The number of allylic oxidation sites excluding steroid dienone is 1. The molecule has 0 bridgehead atoms. The van der Waals surface area contributed by atoms with Crippen LogP contribution in [-0.4, -0.2) is 36.5 Å². The van der Waals surface area contributed by atoms with Crippen LogP contribution in [0, 0.1) is 11.3 Å². The molecule has 1 saturated heterocycles. The second kappa shape index (κ2) is 4.77. The topological polar surface area (TPSA) is 56.1 Å². The first-order chi connectivity index (χ1) is 6.65. The van der Waals surface area contributed by atoms with E-state index in [0.29, 0.717) is 13.1 Å². The third kappa shape index (κ3) is 2.57. The van der Waals surface area contributed by atoms with Gasteiger partial charge in [-0.05, 0) is 13.8 Å². The average Bonchev–Trinajstić information content (AvgIpc) is 2.16. The molecule has 1 heterocycles. The van der Waals surface area contributed by atoms with Gasteiger partial charge in [0.15, 0.2) is 0 Å². The third-order valence-electron chi connectivity index (χ3n) is 2.09. The summed E-state index contributed by atoms with van der Waals surface area (Å²) in [4.78, 5) is 13.3. The highest BCUT2D eigenvalue weighted by Gasteiger charge is 2.24. The SMILES string of the molecule is CC(C)=CC(=O)N1CCNCC1C#N. The predicted octanol–water partition coefficient (Wildman–Crippen LogP) is 0.277. The van der Waals surface area contributed by atoms with Crippen LogP contribution in [0.3, 0.4) is 0 Å². The summed E-state index contributed by atoms with van der Waals surface area (Å²) in [6.45, 7) is 5.70. The van der Waals surface area contributed by atoms with E-state index in [1.54, 1.807) is 11.0 Å². The molecular formula is C10H15N3O. The van der Waals surface area contributed by atoms with Crippen molar-refractivity contribution in [3.8, 4) is 6.07 Å². The van der Waals surface area contributed by atoms with E-state index in [9.17, 15) is 4.79 Å². The molecule has 1 amide bonds. The van der Waals surface area contributed by atoms with Gasteiger partial charge < -0.3 is 10.2 Å². The molecule has 14 heavy (non-hydrogen) atoms. The second-order valence-corrected chi connectivity index (χ2v) is 3.60. The van der Waals surface area contributed by atoms with Crippen LogP contribution < -0.4 is 5.32 Å². The van der Waals surface area contributed by atoms with Crippen molar-refractivity contribution in [3.05, 3.63) is 11.6 Å². The van der Waals surface area contributed by atoms with Gasteiger partial charge in [0.1, 0.15) is 6.04 Å². The molecule has 1 rings (SSSR count). The average molecular weight is 193 g/mol. The van der Waals surface area contributed by atoms with E-state index in [2.05, 4.69) is 11.4 Å². The lowest BCUT2D eigenvalue weighted by atomic mass is 10.2. The first kappa shape index (κ1) is 10.7. The zero-order valence-corrected chi connectivity index (χ0v) is 8.58. The Morgan fingerprint density at radius 1 is 1.64 bits per heavy atom. The first-order valence-electron chi connectivity index (χ1n) is 4.71. The van der Waals surface area contributed by atoms with Gasteiger partial charge in [-0.25, -0.2) is 0 Å². The number of piperazine rings is 1. The molecule has 1 unspecified atom stereocenters. The van der Waals surface area contributed by atoms with Crippen molar-refractivity contribution in [3.63, 3.8) is 0 Å². The van der Waals surface area contributed by atoms with Crippen LogP contribution in [0.1, 0.15) is 13.8 Å². The fraction of sp³-hybridized carbons (Fsp3) is 0.600. The normalized spacial score (nSPS) is 21.2. The summed E-state index contributed by atoms with van der Waals surface area (Å²) in [6.07, 6.45) is 1.58. The highest BCUT2D eigenvalue weighted by Crippen LogP contribution is 2.04. The van der Waals surface area contributed by atoms with Crippen LogP contribution in [-0.2, 0) is 4.79 Å². The fourth-order valence-corrected chi connectivity index (χ4v) is 1.41. The number of nitrogens with zero attached hydrogens (tertiary/aromatic N) is 2. The summed E-state index contributed by atoms with van der Waals surface area (Å²) >= 11 is 0. The minimum atomic E-state index is -0.327. The number of hydrogen-bond donors (Lipinski definition) is 1. The summed E-state index contributed by atoms with van der Waals surface area (Å²) < 4.78 is 0. The molecule has 0 aromatic carbocycles. The largest absolute Gasteiger partial charge is 0.321 e. The van der Waals surface area contributed by atoms with Crippen molar-refractivity contribution >= 4 is 5.91 Å². The molecule has 4 heteroatoms. The van der Waals surface area contributed by atoms with E-state index in [4.69, 9.17) is 5.26 Å². The Kier molecular flexibility index (Phi) is 3.66. The second-order valence-electron chi connectivity index (χ2n) is 3.60. The third-order valence-corrected chi connectivity index (χ3v) is 2.09. The molecule has 0 aromatic rings. The highest BCUT2D eigenvalue weighted by atomic mass is 16.2. The quantitative estimate of drug-likeness (QED) is 0.608. The van der Waals surface area contributed by atoms with Crippen LogP contribution in [0.5, 0.6) is 0 Å². The van der Waals surface area contributed by atoms with E-state index in [0.717, 1.165) is 12.1 Å². The molecule has 0 radical (unpaired) electrons. The van der Waals surface area contributed by atoms with Crippen LogP contribution >= 0.6 is 0 Å². The number of nitriles is 1. The first-order valence-corrected chi connectivity index (χ1v) is 4.71. The molecule has 1 aliphatic rings. The van der Waals surface area contributed by atoms with Crippen molar-refractivity contribution < 1.29 is 4.79 Å². The van der Waals surface area contributed by atoms with Gasteiger partial charge in [0.2, 0.25) is 5.91 Å². The van der Waals surface area contributed by atoms with Gasteiger partial charge in [-0.2, -0.15) is 5.26 Å². The molecule has 0 saturated carbocycles. The number of amides is 1. The van der Waals surface area contributed by atoms with Gasteiger partial charge in [0.05, 0.1) is 6.07 Å². The molecule has 76 valence electrons. The summed E-state index contributed by atoms with van der Waals surface area (Å²) in [5, 5.41) is 11.9. The van der Waals surface area contributed by atoms with E-state index < -0.39 is 0 Å². The number of hydrogen-bond acceptors (Lipinski definition) is 3. The fourth-order valence-electron chi connectivity index (χ4n) is 1.41. The highest BCUT2D eigenvalue weighted by molar-refractivity contribution is 5.88. The maximum Gasteiger partial charge on any atom is 0.247 e. The smallest absolute Gasteiger partial charge is 0.247 e. The maximum atomic E-state index is 11.6. The predicted molar refractivity (Wildman–Crippen MR) is 53.4 cm³/mol. The van der Waals surface area contributed by atoms with Gasteiger partial charge in [0, 0.05) is 25.7 Å². The molecule has 1 atom stereocenters. The van der Waals surface area contributed by atoms with Crippen LogP contribution in [0.4, 0.5) is 0 Å². The van der Waals surface area contributed by atoms with Crippen molar-refractivity contribution in [1.29, 1.82) is 5.26 Å². The van der Waals surface area contributed by atoms with E-state index in [1.165, 1.54) is 0 Å². The van der Waals surface area contributed by atoms with Crippen LogP contribution in [0.25, 0.3) is 0 Å². The van der Waals surface area contributed by atoms with E-state index in [1.807, 2.05) is 13.8 Å². The molecule has 0 aliphatic carbocycles. The molecule has 0 spiro atoms. The maximum absolute atomic E-state index is 11.6.